The summed E-state index contributed by atoms with van der Waals surface area (Å²) < 4.78 is 1.69. The van der Waals surface area contributed by atoms with E-state index in [4.69, 9.17) is 0 Å². The average molecular weight is 416 g/mol. The summed E-state index contributed by atoms with van der Waals surface area (Å²) in [5, 5.41) is 16.6. The van der Waals surface area contributed by atoms with Crippen molar-refractivity contribution >= 4 is 28.5 Å². The quantitative estimate of drug-likeness (QED) is 0.667. The van der Waals surface area contributed by atoms with E-state index in [0.717, 1.165) is 57.5 Å². The number of hydrogen-bond donors (Lipinski definition) is 2. The summed E-state index contributed by atoms with van der Waals surface area (Å²) in [5.74, 6) is 1.02. The van der Waals surface area contributed by atoms with Gasteiger partial charge in [-0.05, 0) is 31.0 Å². The highest BCUT2D eigenvalue weighted by Gasteiger charge is 2.22. The molecule has 0 radical (unpaired) electrons. The van der Waals surface area contributed by atoms with Crippen LogP contribution in [-0.4, -0.2) is 45.7 Å². The van der Waals surface area contributed by atoms with Gasteiger partial charge in [0.2, 0.25) is 5.95 Å². The van der Waals surface area contributed by atoms with Gasteiger partial charge in [-0.25, -0.2) is 9.97 Å². The zero-order valence-electron chi connectivity index (χ0n) is 17.2. The lowest BCUT2D eigenvalue weighted by molar-refractivity contribution is 0.515. The van der Waals surface area contributed by atoms with Gasteiger partial charge in [0.1, 0.15) is 23.1 Å². The molecule has 2 N–H and O–H groups in total. The Bertz CT molecular complexity index is 1190. The predicted octanol–water partition coefficient (Wildman–Crippen LogP) is 2.33. The molecule has 3 aromatic heterocycles. The van der Waals surface area contributed by atoms with Crippen LogP contribution in [0.3, 0.4) is 0 Å². The Labute approximate surface area is 179 Å². The van der Waals surface area contributed by atoms with Gasteiger partial charge in [0.15, 0.2) is 0 Å². The molecule has 0 bridgehead atoms. The number of hydrogen-bond acceptors (Lipinski definition) is 8. The molecule has 9 nitrogen and oxygen atoms in total. The molecule has 1 aliphatic heterocycles. The van der Waals surface area contributed by atoms with Crippen molar-refractivity contribution in [2.75, 3.05) is 36.4 Å². The van der Waals surface area contributed by atoms with Gasteiger partial charge in [0.05, 0.1) is 11.9 Å². The second-order valence-electron chi connectivity index (χ2n) is 8.02. The van der Waals surface area contributed by atoms with E-state index in [2.05, 4.69) is 30.5 Å². The van der Waals surface area contributed by atoms with Crippen LogP contribution in [0.25, 0.3) is 11.0 Å². The molecule has 158 valence electrons. The fraction of sp³-hybridized carbons (Fsp3) is 0.409. The first kappa shape index (κ1) is 19.5. The van der Waals surface area contributed by atoms with Crippen LogP contribution in [0.1, 0.15) is 37.3 Å². The van der Waals surface area contributed by atoms with Crippen LogP contribution >= 0.6 is 0 Å². The van der Waals surface area contributed by atoms with Crippen molar-refractivity contribution in [2.45, 2.75) is 31.7 Å². The maximum absolute atomic E-state index is 12.9. The molecule has 1 saturated heterocycles. The van der Waals surface area contributed by atoms with Gasteiger partial charge >= 0.3 is 0 Å². The molecule has 4 heterocycles. The monoisotopic (exact) mass is 416 g/mol. The van der Waals surface area contributed by atoms with Crippen LogP contribution in [-0.2, 0) is 0 Å². The molecule has 31 heavy (non-hydrogen) atoms. The van der Waals surface area contributed by atoms with Gasteiger partial charge in [0, 0.05) is 43.8 Å². The topological polar surface area (TPSA) is 112 Å². The average Bonchev–Trinajstić information content (AvgIpc) is 3.34. The SMILES string of the molecule is N#Cc1cc2cnc(Nc3ccc(N4CCNCC4)cn3)nc2n(C2CCCC2)c1=O. The van der Waals surface area contributed by atoms with E-state index in [1.54, 1.807) is 16.8 Å². The number of nitrogens with zero attached hydrogens (tertiary/aromatic N) is 6. The number of fused-ring (bicyclic) bond motifs is 1. The van der Waals surface area contributed by atoms with E-state index in [1.165, 1.54) is 0 Å². The fourth-order valence-corrected chi connectivity index (χ4v) is 4.45. The molecule has 0 unspecified atom stereocenters. The highest BCUT2D eigenvalue weighted by molar-refractivity contribution is 5.77. The summed E-state index contributed by atoms with van der Waals surface area (Å²) in [5.41, 5.74) is 1.51. The highest BCUT2D eigenvalue weighted by atomic mass is 16.1. The van der Waals surface area contributed by atoms with Crippen molar-refractivity contribution in [3.05, 3.63) is 46.5 Å². The molecule has 3 aromatic rings. The Balaban J connectivity index is 1.46. The molecular formula is C22H24N8O. The second kappa shape index (κ2) is 8.32. The van der Waals surface area contributed by atoms with Gasteiger partial charge in [-0.2, -0.15) is 10.2 Å². The van der Waals surface area contributed by atoms with E-state index in [0.29, 0.717) is 22.8 Å². The number of nitriles is 1. The number of rotatable bonds is 4. The summed E-state index contributed by atoms with van der Waals surface area (Å²) in [7, 11) is 0. The molecular weight excluding hydrogens is 392 g/mol. The second-order valence-corrected chi connectivity index (χ2v) is 8.02. The van der Waals surface area contributed by atoms with Crippen LogP contribution in [0.15, 0.2) is 35.4 Å². The molecule has 0 spiro atoms. The third-order valence-corrected chi connectivity index (χ3v) is 6.05. The third kappa shape index (κ3) is 3.82. The summed E-state index contributed by atoms with van der Waals surface area (Å²) in [6, 6.07) is 7.61. The minimum Gasteiger partial charge on any atom is -0.368 e. The van der Waals surface area contributed by atoms with Crippen molar-refractivity contribution < 1.29 is 0 Å². The molecule has 9 heteroatoms. The van der Waals surface area contributed by atoms with E-state index < -0.39 is 0 Å². The largest absolute Gasteiger partial charge is 0.368 e. The van der Waals surface area contributed by atoms with Crippen LogP contribution < -0.4 is 21.1 Å². The predicted molar refractivity (Wildman–Crippen MR) is 119 cm³/mol. The Morgan fingerprint density at radius 1 is 1.13 bits per heavy atom. The van der Waals surface area contributed by atoms with E-state index in [1.807, 2.05) is 24.4 Å². The fourth-order valence-electron chi connectivity index (χ4n) is 4.45. The Hall–Kier alpha value is -3.51. The maximum atomic E-state index is 12.9. The van der Waals surface area contributed by atoms with Gasteiger partial charge < -0.3 is 15.5 Å². The first-order chi connectivity index (χ1) is 15.2. The van der Waals surface area contributed by atoms with Crippen LogP contribution in [0.4, 0.5) is 17.5 Å². The smallest absolute Gasteiger partial charge is 0.270 e. The van der Waals surface area contributed by atoms with Crippen LogP contribution in [0.5, 0.6) is 0 Å². The molecule has 0 amide bonds. The maximum Gasteiger partial charge on any atom is 0.270 e. The first-order valence-corrected chi connectivity index (χ1v) is 10.7. The lowest BCUT2D eigenvalue weighted by Crippen LogP contribution is -2.43. The third-order valence-electron chi connectivity index (χ3n) is 6.05. The van der Waals surface area contributed by atoms with Crippen LogP contribution in [0, 0.1) is 11.3 Å². The minimum absolute atomic E-state index is 0.0718. The van der Waals surface area contributed by atoms with E-state index in [9.17, 15) is 10.1 Å². The van der Waals surface area contributed by atoms with E-state index in [-0.39, 0.29) is 17.2 Å². The Morgan fingerprint density at radius 2 is 1.94 bits per heavy atom. The number of anilines is 3. The molecule has 5 rings (SSSR count). The van der Waals surface area contributed by atoms with Crippen molar-refractivity contribution in [2.24, 2.45) is 0 Å². The van der Waals surface area contributed by atoms with Crippen molar-refractivity contribution in [1.29, 1.82) is 5.26 Å². The highest BCUT2D eigenvalue weighted by Crippen LogP contribution is 2.30. The van der Waals surface area contributed by atoms with E-state index >= 15 is 0 Å². The van der Waals surface area contributed by atoms with Gasteiger partial charge in [0.25, 0.3) is 5.56 Å². The normalized spacial score (nSPS) is 17.1. The zero-order valence-corrected chi connectivity index (χ0v) is 17.2. The number of nitrogens with one attached hydrogen (secondary N) is 2. The lowest BCUT2D eigenvalue weighted by Gasteiger charge is -2.29. The van der Waals surface area contributed by atoms with Gasteiger partial charge in [-0.3, -0.25) is 9.36 Å². The van der Waals surface area contributed by atoms with Crippen molar-refractivity contribution in [3.8, 4) is 6.07 Å². The Kier molecular flexibility index (Phi) is 5.22. The van der Waals surface area contributed by atoms with Gasteiger partial charge in [-0.1, -0.05) is 12.8 Å². The van der Waals surface area contributed by atoms with Crippen molar-refractivity contribution in [1.82, 2.24) is 24.8 Å². The molecule has 2 aliphatic rings. The zero-order chi connectivity index (χ0) is 21.2. The summed E-state index contributed by atoms with van der Waals surface area (Å²) in [6.45, 7) is 3.87. The number of pyridine rings is 2. The molecule has 0 aromatic carbocycles. The molecule has 0 atom stereocenters. The molecule has 1 aliphatic carbocycles. The van der Waals surface area contributed by atoms with Crippen molar-refractivity contribution in [3.63, 3.8) is 0 Å². The van der Waals surface area contributed by atoms with Gasteiger partial charge in [-0.15, -0.1) is 0 Å². The summed E-state index contributed by atoms with van der Waals surface area (Å²) >= 11 is 0. The standard InChI is InChI=1S/C22H24N8O/c23-12-15-11-16-13-26-22(28-20(16)30(21(15)31)17-3-1-2-4-17)27-19-6-5-18(14-25-19)29-9-7-24-8-10-29/h5-6,11,13-14,17,24H,1-4,7-10H2,(H,25,26,27,28). The summed E-state index contributed by atoms with van der Waals surface area (Å²) in [6.07, 6.45) is 7.51. The molecule has 2 fully saturated rings. The van der Waals surface area contributed by atoms with Crippen LogP contribution in [0.2, 0.25) is 0 Å². The number of piperazine rings is 1. The minimum atomic E-state index is -0.273. The Morgan fingerprint density at radius 3 is 2.65 bits per heavy atom. The summed E-state index contributed by atoms with van der Waals surface area (Å²) in [4.78, 5) is 28.7. The first-order valence-electron chi connectivity index (χ1n) is 10.7. The number of aromatic nitrogens is 4. The molecule has 1 saturated carbocycles. The lowest BCUT2D eigenvalue weighted by atomic mass is 10.2.